The molecule has 1 unspecified atom stereocenters. The van der Waals surface area contributed by atoms with Gasteiger partial charge in [0, 0.05) is 0 Å². The van der Waals surface area contributed by atoms with Crippen molar-refractivity contribution in [1.29, 1.82) is 0 Å². The predicted molar refractivity (Wildman–Crippen MR) is 80.1 cm³/mol. The standard InChI is InChI=1S/C16H25P/c1-11-9-12-7-8-14(16(2,3)4)13(12)10-15(11)17(5)6/h9-10,14H,7-8H2,1-6H3. The topological polar surface area (TPSA) is 0 Å². The Morgan fingerprint density at radius 3 is 2.35 bits per heavy atom. The lowest BCUT2D eigenvalue weighted by atomic mass is 9.77. The first-order valence-corrected chi connectivity index (χ1v) is 8.85. The molecule has 94 valence electrons. The molecule has 1 aliphatic carbocycles. The van der Waals surface area contributed by atoms with Crippen LogP contribution in [0.1, 0.15) is 49.8 Å². The van der Waals surface area contributed by atoms with Gasteiger partial charge in [0.1, 0.15) is 0 Å². The first-order valence-electron chi connectivity index (χ1n) is 6.61. The second-order valence-corrected chi connectivity index (χ2v) is 8.96. The van der Waals surface area contributed by atoms with Crippen molar-refractivity contribution in [2.75, 3.05) is 13.3 Å². The van der Waals surface area contributed by atoms with Gasteiger partial charge in [-0.15, -0.1) is 0 Å². The molecule has 0 amide bonds. The quantitative estimate of drug-likeness (QED) is 0.645. The molecule has 1 atom stereocenters. The van der Waals surface area contributed by atoms with Crippen LogP contribution in [0.25, 0.3) is 0 Å². The second-order valence-electron chi connectivity index (χ2n) is 6.69. The Morgan fingerprint density at radius 2 is 1.82 bits per heavy atom. The highest BCUT2D eigenvalue weighted by molar-refractivity contribution is 7.64. The van der Waals surface area contributed by atoms with Crippen LogP contribution in [0.4, 0.5) is 0 Å². The molecule has 0 saturated carbocycles. The number of aryl methyl sites for hydroxylation is 2. The van der Waals surface area contributed by atoms with Gasteiger partial charge in [0.15, 0.2) is 0 Å². The highest BCUT2D eigenvalue weighted by atomic mass is 31.1. The maximum Gasteiger partial charge on any atom is -0.0107 e. The third kappa shape index (κ3) is 2.43. The Labute approximate surface area is 108 Å². The summed E-state index contributed by atoms with van der Waals surface area (Å²) in [6.07, 6.45) is 2.62. The Hall–Kier alpha value is -0.350. The molecule has 0 heterocycles. The van der Waals surface area contributed by atoms with Gasteiger partial charge in [-0.05, 0) is 66.4 Å². The minimum absolute atomic E-state index is 0.0221. The molecule has 0 N–H and O–H groups in total. The van der Waals surface area contributed by atoms with E-state index >= 15 is 0 Å². The van der Waals surface area contributed by atoms with E-state index in [1.165, 1.54) is 18.4 Å². The molecular weight excluding hydrogens is 223 g/mol. The van der Waals surface area contributed by atoms with Crippen LogP contribution in [0.5, 0.6) is 0 Å². The monoisotopic (exact) mass is 248 g/mol. The van der Waals surface area contributed by atoms with E-state index in [0.717, 1.165) is 5.92 Å². The van der Waals surface area contributed by atoms with Gasteiger partial charge in [0.05, 0.1) is 0 Å². The number of hydrogen-bond donors (Lipinski definition) is 0. The van der Waals surface area contributed by atoms with E-state index in [2.05, 4.69) is 53.2 Å². The third-order valence-electron chi connectivity index (χ3n) is 4.06. The van der Waals surface area contributed by atoms with Gasteiger partial charge in [0.25, 0.3) is 0 Å². The van der Waals surface area contributed by atoms with Crippen molar-refractivity contribution in [3.05, 3.63) is 28.8 Å². The third-order valence-corrected chi connectivity index (χ3v) is 5.51. The van der Waals surface area contributed by atoms with Crippen LogP contribution < -0.4 is 5.30 Å². The number of fused-ring (bicyclic) bond motifs is 1. The molecule has 0 nitrogen and oxygen atoms in total. The Bertz CT molecular complexity index is 424. The summed E-state index contributed by atoms with van der Waals surface area (Å²) in [6, 6.07) is 4.98. The fraction of sp³-hybridized carbons (Fsp3) is 0.625. The van der Waals surface area contributed by atoms with E-state index in [-0.39, 0.29) is 7.92 Å². The first-order chi connectivity index (χ1) is 7.80. The van der Waals surface area contributed by atoms with Crippen LogP contribution in [-0.2, 0) is 6.42 Å². The molecule has 0 saturated heterocycles. The summed E-state index contributed by atoms with van der Waals surface area (Å²) in [5.41, 5.74) is 5.17. The summed E-state index contributed by atoms with van der Waals surface area (Å²) in [5.74, 6) is 0.756. The maximum atomic E-state index is 2.53. The summed E-state index contributed by atoms with van der Waals surface area (Å²) in [6.45, 7) is 14.2. The molecule has 1 heteroatoms. The molecule has 1 aromatic carbocycles. The smallest absolute Gasteiger partial charge is 0.0107 e. The summed E-state index contributed by atoms with van der Waals surface area (Å²) < 4.78 is 0. The van der Waals surface area contributed by atoms with Crippen LogP contribution in [0.15, 0.2) is 12.1 Å². The van der Waals surface area contributed by atoms with Gasteiger partial charge in [-0.25, -0.2) is 0 Å². The minimum Gasteiger partial charge on any atom is -0.0814 e. The zero-order valence-electron chi connectivity index (χ0n) is 12.1. The van der Waals surface area contributed by atoms with Crippen molar-refractivity contribution in [1.82, 2.24) is 0 Å². The van der Waals surface area contributed by atoms with E-state index in [4.69, 9.17) is 0 Å². The van der Waals surface area contributed by atoms with E-state index in [9.17, 15) is 0 Å². The van der Waals surface area contributed by atoms with E-state index in [0.29, 0.717) is 5.41 Å². The van der Waals surface area contributed by atoms with Gasteiger partial charge in [0.2, 0.25) is 0 Å². The van der Waals surface area contributed by atoms with Crippen molar-refractivity contribution < 1.29 is 0 Å². The Balaban J connectivity index is 2.49. The van der Waals surface area contributed by atoms with Crippen molar-refractivity contribution in [3.63, 3.8) is 0 Å². The van der Waals surface area contributed by atoms with Gasteiger partial charge in [-0.2, -0.15) is 0 Å². The first kappa shape index (κ1) is 13.1. The molecule has 0 aromatic heterocycles. The molecule has 17 heavy (non-hydrogen) atoms. The molecule has 0 fully saturated rings. The normalized spacial score (nSPS) is 19.8. The average Bonchev–Trinajstić information content (AvgIpc) is 2.57. The molecule has 2 rings (SSSR count). The maximum absolute atomic E-state index is 2.53. The highest BCUT2D eigenvalue weighted by Gasteiger charge is 2.32. The van der Waals surface area contributed by atoms with Crippen LogP contribution in [0.2, 0.25) is 0 Å². The SMILES string of the molecule is Cc1cc2c(cc1P(C)C)C(C(C)(C)C)CC2. The molecule has 1 aliphatic rings. The van der Waals surface area contributed by atoms with Crippen molar-refractivity contribution in [2.45, 2.75) is 46.5 Å². The van der Waals surface area contributed by atoms with Crippen LogP contribution in [0.3, 0.4) is 0 Å². The second kappa shape index (κ2) is 4.39. The van der Waals surface area contributed by atoms with E-state index < -0.39 is 0 Å². The molecule has 0 radical (unpaired) electrons. The lowest BCUT2D eigenvalue weighted by molar-refractivity contribution is 0.319. The fourth-order valence-electron chi connectivity index (χ4n) is 3.15. The van der Waals surface area contributed by atoms with Crippen LogP contribution in [-0.4, -0.2) is 13.3 Å². The highest BCUT2D eigenvalue weighted by Crippen LogP contribution is 2.45. The molecule has 1 aromatic rings. The minimum atomic E-state index is 0.0221. The van der Waals surface area contributed by atoms with Gasteiger partial charge < -0.3 is 0 Å². The lowest BCUT2D eigenvalue weighted by Crippen LogP contribution is -2.17. The molecule has 0 bridgehead atoms. The Morgan fingerprint density at radius 1 is 1.18 bits per heavy atom. The largest absolute Gasteiger partial charge is 0.0814 e. The molecular formula is C16H25P. The number of benzene rings is 1. The average molecular weight is 248 g/mol. The number of hydrogen-bond acceptors (Lipinski definition) is 0. The van der Waals surface area contributed by atoms with E-state index in [1.807, 2.05) is 0 Å². The fourth-order valence-corrected chi connectivity index (χ4v) is 4.32. The zero-order chi connectivity index (χ0) is 12.8. The zero-order valence-corrected chi connectivity index (χ0v) is 13.0. The lowest BCUT2D eigenvalue weighted by Gasteiger charge is -2.28. The predicted octanol–water partition coefficient (Wildman–Crippen LogP) is 4.44. The summed E-state index contributed by atoms with van der Waals surface area (Å²) in [5, 5.41) is 1.61. The summed E-state index contributed by atoms with van der Waals surface area (Å²) >= 11 is 0. The summed E-state index contributed by atoms with van der Waals surface area (Å²) in [7, 11) is 0.0221. The van der Waals surface area contributed by atoms with Crippen molar-refractivity contribution in [2.24, 2.45) is 5.41 Å². The van der Waals surface area contributed by atoms with Crippen LogP contribution >= 0.6 is 7.92 Å². The van der Waals surface area contributed by atoms with Crippen LogP contribution in [0, 0.1) is 12.3 Å². The van der Waals surface area contributed by atoms with Crippen molar-refractivity contribution >= 4 is 13.2 Å². The number of rotatable bonds is 1. The van der Waals surface area contributed by atoms with E-state index in [1.54, 1.807) is 16.4 Å². The van der Waals surface area contributed by atoms with Gasteiger partial charge >= 0.3 is 0 Å². The molecule has 0 aliphatic heterocycles. The summed E-state index contributed by atoms with van der Waals surface area (Å²) in [4.78, 5) is 0. The van der Waals surface area contributed by atoms with Gasteiger partial charge in [-0.1, -0.05) is 40.8 Å². The Kier molecular flexibility index (Phi) is 3.38. The van der Waals surface area contributed by atoms with Crippen molar-refractivity contribution in [3.8, 4) is 0 Å². The molecule has 0 spiro atoms. The van der Waals surface area contributed by atoms with Gasteiger partial charge in [-0.3, -0.25) is 0 Å².